The zero-order valence-corrected chi connectivity index (χ0v) is 29.5. The molecule has 1 unspecified atom stereocenters. The first-order valence-corrected chi connectivity index (χ1v) is 18.4. The minimum absolute atomic E-state index is 0.00580. The molecule has 0 heterocycles. The topological polar surface area (TPSA) is 96.0 Å². The number of para-hydroxylation sites is 2. The van der Waals surface area contributed by atoms with Crippen LogP contribution in [0, 0.1) is 0 Å². The molecule has 0 saturated heterocycles. The molecule has 0 bridgehead atoms. The van der Waals surface area contributed by atoms with E-state index in [0.29, 0.717) is 27.9 Å². The molecule has 0 saturated carbocycles. The van der Waals surface area contributed by atoms with E-state index >= 15 is 0 Å². The van der Waals surface area contributed by atoms with Gasteiger partial charge in [0, 0.05) is 34.5 Å². The summed E-state index contributed by atoms with van der Waals surface area (Å²) in [5.74, 6) is -0.700. The van der Waals surface area contributed by atoms with Crippen LogP contribution in [0.5, 0.6) is 5.75 Å². The SMILES string of the molecule is CCNC(=O)C(Cc1ccccc1)N(Cc1ccc(Cl)cc1Cl)C(=O)CN(c1ccccc1OCC)S(=O)(=O)c1ccc(SC)cc1. The van der Waals surface area contributed by atoms with E-state index in [1.807, 2.05) is 36.6 Å². The highest BCUT2D eigenvalue weighted by atomic mass is 35.5. The number of amides is 2. The molecule has 0 aromatic heterocycles. The first-order chi connectivity index (χ1) is 22.6. The van der Waals surface area contributed by atoms with Crippen LogP contribution in [-0.4, -0.2) is 57.1 Å². The summed E-state index contributed by atoms with van der Waals surface area (Å²) in [6, 6.07) is 26.3. The summed E-state index contributed by atoms with van der Waals surface area (Å²) in [7, 11) is -4.30. The van der Waals surface area contributed by atoms with E-state index in [9.17, 15) is 18.0 Å². The molecule has 0 aliphatic rings. The smallest absolute Gasteiger partial charge is 0.264 e. The first-order valence-electron chi connectivity index (χ1n) is 15.0. The minimum atomic E-state index is -4.30. The summed E-state index contributed by atoms with van der Waals surface area (Å²) in [5.41, 5.74) is 1.56. The fourth-order valence-corrected chi connectivity index (χ4v) is 7.31. The van der Waals surface area contributed by atoms with Crippen LogP contribution in [0.15, 0.2) is 107 Å². The number of benzene rings is 4. The molecule has 4 aromatic rings. The fourth-order valence-electron chi connectivity index (χ4n) is 5.01. The maximum Gasteiger partial charge on any atom is 0.264 e. The molecule has 1 N–H and O–H groups in total. The fraction of sp³-hybridized carbons (Fsp3) is 0.257. The normalized spacial score (nSPS) is 11.9. The van der Waals surface area contributed by atoms with Crippen molar-refractivity contribution in [3.05, 3.63) is 118 Å². The number of hydrogen-bond donors (Lipinski definition) is 1. The van der Waals surface area contributed by atoms with Crippen molar-refractivity contribution in [2.24, 2.45) is 0 Å². The van der Waals surface area contributed by atoms with Crippen molar-refractivity contribution in [1.82, 2.24) is 10.2 Å². The van der Waals surface area contributed by atoms with Gasteiger partial charge in [0.05, 0.1) is 17.2 Å². The van der Waals surface area contributed by atoms with Gasteiger partial charge in [0.15, 0.2) is 0 Å². The van der Waals surface area contributed by atoms with Gasteiger partial charge < -0.3 is 15.0 Å². The number of thioether (sulfide) groups is 1. The Labute approximate surface area is 291 Å². The Morgan fingerprint density at radius 2 is 1.60 bits per heavy atom. The molecule has 0 fully saturated rings. The maximum atomic E-state index is 14.6. The van der Waals surface area contributed by atoms with E-state index in [1.165, 1.54) is 28.8 Å². The van der Waals surface area contributed by atoms with E-state index in [-0.39, 0.29) is 36.1 Å². The zero-order valence-electron chi connectivity index (χ0n) is 26.4. The first kappa shape index (κ1) is 36.1. The van der Waals surface area contributed by atoms with Gasteiger partial charge in [-0.05, 0) is 79.8 Å². The molecule has 8 nitrogen and oxygen atoms in total. The van der Waals surface area contributed by atoms with Crippen LogP contribution in [0.25, 0.3) is 0 Å². The number of halogens is 2. The van der Waals surface area contributed by atoms with Crippen molar-refractivity contribution in [2.45, 2.75) is 42.6 Å². The molecule has 248 valence electrons. The lowest BCUT2D eigenvalue weighted by Gasteiger charge is -2.34. The van der Waals surface area contributed by atoms with Gasteiger partial charge in [-0.2, -0.15) is 0 Å². The van der Waals surface area contributed by atoms with Crippen LogP contribution in [0.3, 0.4) is 0 Å². The summed E-state index contributed by atoms with van der Waals surface area (Å²) in [6.45, 7) is 3.50. The third-order valence-corrected chi connectivity index (χ3v) is 10.4. The van der Waals surface area contributed by atoms with Crippen molar-refractivity contribution >= 4 is 62.5 Å². The molecule has 0 radical (unpaired) electrons. The van der Waals surface area contributed by atoms with E-state index in [4.69, 9.17) is 27.9 Å². The molecular weight excluding hydrogens is 677 g/mol. The van der Waals surface area contributed by atoms with Gasteiger partial charge in [-0.25, -0.2) is 8.42 Å². The van der Waals surface area contributed by atoms with Crippen LogP contribution in [-0.2, 0) is 32.6 Å². The number of carbonyl (C=O) groups excluding carboxylic acids is 2. The van der Waals surface area contributed by atoms with Gasteiger partial charge in [-0.1, -0.05) is 71.7 Å². The second-order valence-electron chi connectivity index (χ2n) is 10.4. The van der Waals surface area contributed by atoms with Gasteiger partial charge in [0.25, 0.3) is 10.0 Å². The number of ether oxygens (including phenoxy) is 1. The third-order valence-electron chi connectivity index (χ3n) is 7.34. The van der Waals surface area contributed by atoms with Crippen molar-refractivity contribution in [3.63, 3.8) is 0 Å². The lowest BCUT2D eigenvalue weighted by atomic mass is 10.0. The molecule has 12 heteroatoms. The summed E-state index contributed by atoms with van der Waals surface area (Å²) in [5, 5.41) is 3.57. The number of anilines is 1. The molecule has 1 atom stereocenters. The minimum Gasteiger partial charge on any atom is -0.492 e. The highest BCUT2D eigenvalue weighted by Crippen LogP contribution is 2.34. The molecule has 2 amide bonds. The maximum absolute atomic E-state index is 14.6. The van der Waals surface area contributed by atoms with E-state index < -0.39 is 28.5 Å². The van der Waals surface area contributed by atoms with E-state index in [2.05, 4.69) is 5.32 Å². The van der Waals surface area contributed by atoms with Crippen LogP contribution in [0.1, 0.15) is 25.0 Å². The Morgan fingerprint density at radius 1 is 0.915 bits per heavy atom. The van der Waals surface area contributed by atoms with Crippen molar-refractivity contribution in [2.75, 3.05) is 30.3 Å². The Balaban J connectivity index is 1.85. The molecule has 0 aliphatic heterocycles. The van der Waals surface area contributed by atoms with Crippen LogP contribution in [0.4, 0.5) is 5.69 Å². The summed E-state index contributed by atoms with van der Waals surface area (Å²) in [4.78, 5) is 30.6. The number of likely N-dealkylation sites (N-methyl/N-ethyl adjacent to an activating group) is 1. The second kappa shape index (κ2) is 16.9. The van der Waals surface area contributed by atoms with Crippen LogP contribution in [0.2, 0.25) is 10.0 Å². The highest BCUT2D eigenvalue weighted by Gasteiger charge is 2.35. The molecule has 0 spiro atoms. The quantitative estimate of drug-likeness (QED) is 0.132. The predicted molar refractivity (Wildman–Crippen MR) is 190 cm³/mol. The van der Waals surface area contributed by atoms with Crippen molar-refractivity contribution in [1.29, 1.82) is 0 Å². The average Bonchev–Trinajstić information content (AvgIpc) is 3.07. The third kappa shape index (κ3) is 9.22. The number of nitrogens with zero attached hydrogens (tertiary/aromatic N) is 2. The van der Waals surface area contributed by atoms with E-state index in [1.54, 1.807) is 68.4 Å². The van der Waals surface area contributed by atoms with Gasteiger partial charge in [-0.3, -0.25) is 13.9 Å². The Bertz CT molecular complexity index is 1770. The highest BCUT2D eigenvalue weighted by molar-refractivity contribution is 7.98. The lowest BCUT2D eigenvalue weighted by Crippen LogP contribution is -2.53. The number of carbonyl (C=O) groups is 2. The van der Waals surface area contributed by atoms with E-state index in [0.717, 1.165) is 14.8 Å². The molecular formula is C35H37Cl2N3O5S2. The molecule has 4 aromatic carbocycles. The molecule has 4 rings (SSSR count). The number of hydrogen-bond acceptors (Lipinski definition) is 6. The van der Waals surface area contributed by atoms with Gasteiger partial charge in [0.1, 0.15) is 18.3 Å². The number of sulfonamides is 1. The predicted octanol–water partition coefficient (Wildman–Crippen LogP) is 7.09. The van der Waals surface area contributed by atoms with Crippen molar-refractivity contribution < 1.29 is 22.7 Å². The summed E-state index contributed by atoms with van der Waals surface area (Å²) >= 11 is 14.2. The summed E-state index contributed by atoms with van der Waals surface area (Å²) < 4.78 is 35.6. The van der Waals surface area contributed by atoms with Crippen molar-refractivity contribution in [3.8, 4) is 5.75 Å². The largest absolute Gasteiger partial charge is 0.492 e. The standard InChI is InChI=1S/C35H37Cl2N3O5S2/c1-4-38-35(42)32(21-25-11-7-6-8-12-25)39(23-26-15-16-27(36)22-30(26)37)34(41)24-40(31-13-9-10-14-33(31)45-5-2)47(43,44)29-19-17-28(46-3)18-20-29/h6-20,22,32H,4-5,21,23-24H2,1-3H3,(H,38,42). The second-order valence-corrected chi connectivity index (χ2v) is 14.0. The molecule has 47 heavy (non-hydrogen) atoms. The van der Waals surface area contributed by atoms with Crippen LogP contribution >= 0.6 is 35.0 Å². The Hall–Kier alpha value is -3.70. The molecule has 0 aliphatic carbocycles. The number of rotatable bonds is 15. The zero-order chi connectivity index (χ0) is 34.0. The van der Waals surface area contributed by atoms with Gasteiger partial charge in [0.2, 0.25) is 11.8 Å². The van der Waals surface area contributed by atoms with Crippen LogP contribution < -0.4 is 14.4 Å². The van der Waals surface area contributed by atoms with Gasteiger partial charge >= 0.3 is 0 Å². The average molecular weight is 715 g/mol. The number of nitrogens with one attached hydrogen (secondary N) is 1. The Kier molecular flexibility index (Phi) is 13.0. The lowest BCUT2D eigenvalue weighted by molar-refractivity contribution is -0.140. The van der Waals surface area contributed by atoms with Gasteiger partial charge in [-0.15, -0.1) is 11.8 Å². The Morgan fingerprint density at radius 3 is 2.23 bits per heavy atom. The summed E-state index contributed by atoms with van der Waals surface area (Å²) in [6.07, 6.45) is 2.08. The monoisotopic (exact) mass is 713 g/mol.